The lowest BCUT2D eigenvalue weighted by molar-refractivity contribution is -0.144. The molecule has 7 atom stereocenters. The second-order valence-electron chi connectivity index (χ2n) is 17.8. The summed E-state index contributed by atoms with van der Waals surface area (Å²) in [5.74, 6) is 0.318. The third-order valence-corrected chi connectivity index (χ3v) is 13.4. The lowest BCUT2D eigenvalue weighted by Crippen LogP contribution is -2.51. The number of nitrogens with two attached hydrogens (primary N) is 1. The Hall–Kier alpha value is -6.33. The number of likely N-dealkylation sites (tertiary alicyclic amines) is 2. The van der Waals surface area contributed by atoms with Gasteiger partial charge in [0.05, 0.1) is 58.9 Å². The van der Waals surface area contributed by atoms with Crippen LogP contribution < -0.4 is 16.0 Å². The molecular formula is C47H56F3N9O6. The van der Waals surface area contributed by atoms with Crippen LogP contribution in [0.3, 0.4) is 0 Å². The van der Waals surface area contributed by atoms with Crippen molar-refractivity contribution in [2.24, 2.45) is 17.6 Å². The molecule has 346 valence electrons. The minimum atomic E-state index is -4.50. The van der Waals surface area contributed by atoms with E-state index in [0.29, 0.717) is 73.6 Å². The summed E-state index contributed by atoms with van der Waals surface area (Å²) >= 11 is 0. The highest BCUT2D eigenvalue weighted by Crippen LogP contribution is 2.48. The van der Waals surface area contributed by atoms with Crippen LogP contribution in [-0.2, 0) is 25.2 Å². The molecule has 8 rings (SSSR count). The number of hydrogen-bond donors (Lipinski definition) is 4. The summed E-state index contributed by atoms with van der Waals surface area (Å²) in [7, 11) is 1.26. The topological polar surface area (TPSA) is 192 Å². The number of carbonyl (C=O) groups is 4. The summed E-state index contributed by atoms with van der Waals surface area (Å²) in [5.41, 5.74) is 10.1. The number of imidazole rings is 2. The van der Waals surface area contributed by atoms with E-state index in [2.05, 4.69) is 20.2 Å². The van der Waals surface area contributed by atoms with Crippen LogP contribution in [0.15, 0.2) is 60.7 Å². The molecule has 4 amide bonds. The number of carbonyl (C=O) groups excluding carboxylic acids is 4. The number of alkyl halides is 3. The van der Waals surface area contributed by atoms with E-state index < -0.39 is 36.1 Å². The van der Waals surface area contributed by atoms with Crippen LogP contribution in [0.25, 0.3) is 22.1 Å². The van der Waals surface area contributed by atoms with E-state index in [1.54, 1.807) is 9.80 Å². The third-order valence-electron chi connectivity index (χ3n) is 13.4. The molecule has 3 aromatic carbocycles. The standard InChI is InChI=1S/C47H56F3N9O6/c1-6-26(4)40(65-45(51)62)44(61)58-22-8-10-38(58)42-53-32-18-12-28(24-34(32)55-42)36-20-19-35(59(36)30-15-13-29(14-16-30)47(48,49)50)27-11-17-31-33(23-27)54-41(52-31)37-9-7-21-57(37)43(60)39(25(2)3)56-46(63)64-5/h11-18,23-26,35-40H,6-10,19-22H2,1-5H3,(H2,51,62)(H,52,54)(H,53,55)(H,56,63)/t26?,35-,36-,37-,38-,39-,40-/m0/s1. The number of rotatable bonds is 12. The summed E-state index contributed by atoms with van der Waals surface area (Å²) in [6.45, 7) is 8.49. The van der Waals surface area contributed by atoms with Crippen LogP contribution in [0.1, 0.15) is 125 Å². The minimum Gasteiger partial charge on any atom is -0.453 e. The van der Waals surface area contributed by atoms with Crippen LogP contribution in [0.4, 0.5) is 28.4 Å². The Bertz CT molecular complexity index is 2560. The maximum Gasteiger partial charge on any atom is 0.416 e. The molecule has 0 aliphatic carbocycles. The second kappa shape index (κ2) is 18.3. The van der Waals surface area contributed by atoms with Crippen LogP contribution in [0.2, 0.25) is 0 Å². The number of halogens is 3. The van der Waals surface area contributed by atoms with E-state index in [-0.39, 0.29) is 47.8 Å². The fourth-order valence-electron chi connectivity index (χ4n) is 9.88. The van der Waals surface area contributed by atoms with Gasteiger partial charge in [0.2, 0.25) is 5.91 Å². The summed E-state index contributed by atoms with van der Waals surface area (Å²) < 4.78 is 51.5. The maximum atomic E-state index is 13.8. The van der Waals surface area contributed by atoms with Crippen LogP contribution in [0, 0.1) is 11.8 Å². The van der Waals surface area contributed by atoms with E-state index in [0.717, 1.165) is 47.1 Å². The van der Waals surface area contributed by atoms with Crippen molar-refractivity contribution in [2.45, 2.75) is 115 Å². The number of hydrogen-bond acceptors (Lipinski definition) is 9. The minimum absolute atomic E-state index is 0.178. The van der Waals surface area contributed by atoms with Crippen molar-refractivity contribution in [3.8, 4) is 0 Å². The van der Waals surface area contributed by atoms with Gasteiger partial charge in [0.1, 0.15) is 17.7 Å². The predicted octanol–water partition coefficient (Wildman–Crippen LogP) is 8.76. The Morgan fingerprint density at radius 1 is 0.785 bits per heavy atom. The van der Waals surface area contributed by atoms with Gasteiger partial charge in [-0.1, -0.05) is 39.8 Å². The van der Waals surface area contributed by atoms with Crippen molar-refractivity contribution >= 4 is 51.8 Å². The number of alkyl carbamates (subject to hydrolysis) is 1. The molecule has 3 aliphatic rings. The summed E-state index contributed by atoms with van der Waals surface area (Å²) in [5, 5.41) is 2.69. The Morgan fingerprint density at radius 3 is 1.77 bits per heavy atom. The molecule has 1 unspecified atom stereocenters. The number of nitrogens with one attached hydrogen (secondary N) is 3. The molecule has 0 spiro atoms. The van der Waals surface area contributed by atoms with E-state index in [9.17, 15) is 32.3 Å². The molecule has 5 N–H and O–H groups in total. The van der Waals surface area contributed by atoms with Gasteiger partial charge in [-0.3, -0.25) is 9.59 Å². The average molecular weight is 900 g/mol. The van der Waals surface area contributed by atoms with Crippen molar-refractivity contribution < 1.29 is 41.8 Å². The number of fused-ring (bicyclic) bond motifs is 2. The summed E-state index contributed by atoms with van der Waals surface area (Å²) in [4.78, 5) is 74.0. The van der Waals surface area contributed by atoms with Gasteiger partial charge in [-0.15, -0.1) is 0 Å². The molecule has 3 fully saturated rings. The van der Waals surface area contributed by atoms with Gasteiger partial charge in [0.25, 0.3) is 5.91 Å². The molecule has 5 heterocycles. The lowest BCUT2D eigenvalue weighted by Gasteiger charge is -2.33. The highest BCUT2D eigenvalue weighted by molar-refractivity contribution is 5.87. The van der Waals surface area contributed by atoms with Crippen molar-refractivity contribution in [1.82, 2.24) is 35.1 Å². The molecule has 3 aliphatic heterocycles. The number of H-pyrrole nitrogens is 2. The van der Waals surface area contributed by atoms with Crippen molar-refractivity contribution in [2.75, 3.05) is 25.1 Å². The molecule has 5 aromatic rings. The predicted molar refractivity (Wildman–Crippen MR) is 236 cm³/mol. The third kappa shape index (κ3) is 9.03. The smallest absolute Gasteiger partial charge is 0.416 e. The molecule has 3 saturated heterocycles. The van der Waals surface area contributed by atoms with Gasteiger partial charge in [-0.25, -0.2) is 19.6 Å². The normalized spacial score (nSPS) is 21.6. The van der Waals surface area contributed by atoms with Gasteiger partial charge < -0.3 is 45.2 Å². The summed E-state index contributed by atoms with van der Waals surface area (Å²) in [6, 6.07) is 15.3. The summed E-state index contributed by atoms with van der Waals surface area (Å²) in [6.07, 6.45) is -2.32. The number of aromatic nitrogens is 4. The number of primary amides is 1. The highest BCUT2D eigenvalue weighted by Gasteiger charge is 2.41. The first-order valence-corrected chi connectivity index (χ1v) is 22.4. The number of benzene rings is 3. The van der Waals surface area contributed by atoms with E-state index in [4.69, 9.17) is 25.2 Å². The van der Waals surface area contributed by atoms with E-state index >= 15 is 0 Å². The fourth-order valence-corrected chi connectivity index (χ4v) is 9.88. The first-order chi connectivity index (χ1) is 31.1. The quantitative estimate of drug-likeness (QED) is 0.0948. The SMILES string of the molecule is CCC(C)[C@H](OC(N)=O)C(=O)N1CCC[C@H]1c1nc2cc([C@@H]3CC[C@@H](c4ccc5[nH]c([C@@H]6CCCN6C(=O)[C@@H](NC(=O)OC)C(C)C)nc5c4)N3c3ccc(C(F)(F)F)cc3)ccc2[nH]1. The number of amides is 4. The fraction of sp³-hybridized carbons (Fsp3) is 0.489. The first kappa shape index (κ1) is 45.2. The Labute approximate surface area is 374 Å². The second-order valence-corrected chi connectivity index (χ2v) is 17.8. The zero-order chi connectivity index (χ0) is 46.3. The van der Waals surface area contributed by atoms with Crippen LogP contribution in [0.5, 0.6) is 0 Å². The van der Waals surface area contributed by atoms with Gasteiger partial charge in [0.15, 0.2) is 6.10 Å². The zero-order valence-corrected chi connectivity index (χ0v) is 37.2. The Kier molecular flexibility index (Phi) is 12.7. The molecule has 0 bridgehead atoms. The van der Waals surface area contributed by atoms with Gasteiger partial charge in [0, 0.05) is 24.7 Å². The number of ether oxygens (including phenoxy) is 2. The Balaban J connectivity index is 1.09. The van der Waals surface area contributed by atoms with Crippen LogP contribution in [-0.4, -0.2) is 86.1 Å². The van der Waals surface area contributed by atoms with Crippen molar-refractivity contribution in [3.63, 3.8) is 0 Å². The molecule has 65 heavy (non-hydrogen) atoms. The molecular weight excluding hydrogens is 844 g/mol. The average Bonchev–Trinajstić information content (AvgIpc) is 4.14. The largest absolute Gasteiger partial charge is 0.453 e. The number of aromatic amines is 2. The number of anilines is 1. The van der Waals surface area contributed by atoms with E-state index in [1.165, 1.54) is 19.2 Å². The molecule has 0 saturated carbocycles. The molecule has 0 radical (unpaired) electrons. The zero-order valence-electron chi connectivity index (χ0n) is 37.2. The van der Waals surface area contributed by atoms with Gasteiger partial charge in [-0.2, -0.15) is 13.2 Å². The maximum absolute atomic E-state index is 13.8. The highest BCUT2D eigenvalue weighted by atomic mass is 19.4. The monoisotopic (exact) mass is 899 g/mol. The van der Waals surface area contributed by atoms with Gasteiger partial charge in [-0.05, 0) is 111 Å². The van der Waals surface area contributed by atoms with Crippen LogP contribution >= 0.6 is 0 Å². The van der Waals surface area contributed by atoms with Crippen molar-refractivity contribution in [1.29, 1.82) is 0 Å². The Morgan fingerprint density at radius 2 is 1.31 bits per heavy atom. The lowest BCUT2D eigenvalue weighted by atomic mass is 10.00. The number of nitrogens with zero attached hydrogens (tertiary/aromatic N) is 5. The number of methoxy groups -OCH3 is 1. The van der Waals surface area contributed by atoms with Gasteiger partial charge >= 0.3 is 18.4 Å². The molecule has 2 aromatic heterocycles. The molecule has 15 nitrogen and oxygen atoms in total. The van der Waals surface area contributed by atoms with Crippen molar-refractivity contribution in [3.05, 3.63) is 89.0 Å². The van der Waals surface area contributed by atoms with E-state index in [1.807, 2.05) is 64.1 Å². The molecule has 18 heteroatoms. The first-order valence-electron chi connectivity index (χ1n) is 22.4.